The van der Waals surface area contributed by atoms with Gasteiger partial charge in [0, 0.05) is 10.9 Å². The highest BCUT2D eigenvalue weighted by Crippen LogP contribution is 2.67. The van der Waals surface area contributed by atoms with Gasteiger partial charge in [0.05, 0.1) is 0 Å². The van der Waals surface area contributed by atoms with Crippen LogP contribution >= 0.6 is 11.6 Å². The van der Waals surface area contributed by atoms with Gasteiger partial charge in [-0.3, -0.25) is 0 Å². The molecule has 4 heteroatoms. The summed E-state index contributed by atoms with van der Waals surface area (Å²) >= 11 is 6.33. The standard InChI is InChI=1S/C26H35ClN2O/c1-25-13-12-22-20(21(25)10-11-23(25)24(28)29-30)9-8-18-7-6-17(15-26(18,22)2)16-4-3-5-19(27)14-16/h3-5,8,14,17,20-23,30H,6-7,9-13,15H2,1-2H3,(H2,28,29)/t17?,20-,21-,22-,23+,25-,26-/m0/s1. The minimum Gasteiger partial charge on any atom is -0.409 e. The summed E-state index contributed by atoms with van der Waals surface area (Å²) < 4.78 is 0. The Morgan fingerprint density at radius 2 is 2.00 bits per heavy atom. The fraction of sp³-hybridized carbons (Fsp3) is 0.654. The summed E-state index contributed by atoms with van der Waals surface area (Å²) in [4.78, 5) is 0. The lowest BCUT2D eigenvalue weighted by molar-refractivity contribution is -0.0351. The third-order valence-electron chi connectivity index (χ3n) is 9.85. The van der Waals surface area contributed by atoms with Gasteiger partial charge in [-0.15, -0.1) is 0 Å². The normalized spacial score (nSPS) is 43.4. The lowest BCUT2D eigenvalue weighted by Gasteiger charge is -2.58. The molecular formula is C26H35ClN2O. The van der Waals surface area contributed by atoms with Crippen LogP contribution in [-0.4, -0.2) is 11.0 Å². The molecule has 0 aliphatic heterocycles. The highest BCUT2D eigenvalue weighted by Gasteiger charge is 2.59. The Hall–Kier alpha value is -1.48. The predicted molar refractivity (Wildman–Crippen MR) is 123 cm³/mol. The monoisotopic (exact) mass is 426 g/mol. The van der Waals surface area contributed by atoms with Gasteiger partial charge in [0.1, 0.15) is 5.84 Å². The van der Waals surface area contributed by atoms with Gasteiger partial charge < -0.3 is 10.9 Å². The highest BCUT2D eigenvalue weighted by atomic mass is 35.5. The van der Waals surface area contributed by atoms with Crippen molar-refractivity contribution in [2.75, 3.05) is 0 Å². The summed E-state index contributed by atoms with van der Waals surface area (Å²) in [6.45, 7) is 4.98. The molecule has 0 heterocycles. The lowest BCUT2D eigenvalue weighted by atomic mass is 9.46. The highest BCUT2D eigenvalue weighted by molar-refractivity contribution is 6.30. The van der Waals surface area contributed by atoms with Crippen molar-refractivity contribution in [3.8, 4) is 0 Å². The Morgan fingerprint density at radius 1 is 1.17 bits per heavy atom. The number of amidine groups is 1. The van der Waals surface area contributed by atoms with Gasteiger partial charge in [0.25, 0.3) is 0 Å². The topological polar surface area (TPSA) is 58.6 Å². The van der Waals surface area contributed by atoms with Crippen LogP contribution in [0, 0.1) is 34.5 Å². The van der Waals surface area contributed by atoms with Gasteiger partial charge in [0.2, 0.25) is 0 Å². The van der Waals surface area contributed by atoms with Gasteiger partial charge in [-0.2, -0.15) is 0 Å². The number of nitrogens with two attached hydrogens (primary N) is 1. The molecule has 4 aliphatic rings. The zero-order valence-corrected chi connectivity index (χ0v) is 19.0. The molecule has 1 aromatic rings. The summed E-state index contributed by atoms with van der Waals surface area (Å²) in [6, 6.07) is 8.54. The number of fused-ring (bicyclic) bond motifs is 5. The van der Waals surface area contributed by atoms with Crippen molar-refractivity contribution < 1.29 is 5.21 Å². The molecule has 0 spiro atoms. The molecule has 5 rings (SSSR count). The van der Waals surface area contributed by atoms with E-state index in [1.807, 2.05) is 6.07 Å². The fourth-order valence-corrected chi connectivity index (χ4v) is 8.57. The van der Waals surface area contributed by atoms with E-state index < -0.39 is 0 Å². The molecule has 0 amide bonds. The zero-order chi connectivity index (χ0) is 21.1. The number of benzene rings is 1. The van der Waals surface area contributed by atoms with Crippen molar-refractivity contribution in [2.24, 2.45) is 45.4 Å². The quantitative estimate of drug-likeness (QED) is 0.180. The molecule has 0 aromatic heterocycles. The Balaban J connectivity index is 1.44. The van der Waals surface area contributed by atoms with Crippen LogP contribution in [0.5, 0.6) is 0 Å². The molecule has 162 valence electrons. The molecule has 7 atom stereocenters. The summed E-state index contributed by atoms with van der Waals surface area (Å²) in [6.07, 6.45) is 12.3. The number of halogens is 1. The van der Waals surface area contributed by atoms with Crippen molar-refractivity contribution in [3.63, 3.8) is 0 Å². The fourth-order valence-electron chi connectivity index (χ4n) is 8.37. The summed E-state index contributed by atoms with van der Waals surface area (Å²) in [7, 11) is 0. The molecular weight excluding hydrogens is 392 g/mol. The number of hydrogen-bond acceptors (Lipinski definition) is 2. The molecule has 1 unspecified atom stereocenters. The largest absolute Gasteiger partial charge is 0.409 e. The Labute approximate surface area is 185 Å². The molecule has 3 fully saturated rings. The van der Waals surface area contributed by atoms with E-state index in [0.717, 1.165) is 23.3 Å². The third kappa shape index (κ3) is 2.95. The second kappa shape index (κ2) is 7.29. The smallest absolute Gasteiger partial charge is 0.142 e. The number of allylic oxidation sites excluding steroid dienone is 2. The Kier molecular flexibility index (Phi) is 4.96. The van der Waals surface area contributed by atoms with Crippen LogP contribution in [0.25, 0.3) is 0 Å². The first kappa shape index (κ1) is 20.4. The van der Waals surface area contributed by atoms with E-state index >= 15 is 0 Å². The maximum absolute atomic E-state index is 9.33. The molecule has 4 aliphatic carbocycles. The number of hydrogen-bond donors (Lipinski definition) is 2. The van der Waals surface area contributed by atoms with Gasteiger partial charge in [-0.25, -0.2) is 0 Å². The Morgan fingerprint density at radius 3 is 2.77 bits per heavy atom. The molecule has 3 nitrogen and oxygen atoms in total. The van der Waals surface area contributed by atoms with Crippen LogP contribution in [0.4, 0.5) is 0 Å². The minimum absolute atomic E-state index is 0.181. The number of oxime groups is 1. The first-order valence-corrected chi connectivity index (χ1v) is 12.2. The maximum atomic E-state index is 9.33. The van der Waals surface area contributed by atoms with Crippen molar-refractivity contribution >= 4 is 17.4 Å². The van der Waals surface area contributed by atoms with Gasteiger partial charge in [-0.1, -0.05) is 54.4 Å². The van der Waals surface area contributed by atoms with Crippen LogP contribution < -0.4 is 5.73 Å². The lowest BCUT2D eigenvalue weighted by Crippen LogP contribution is -2.51. The molecule has 1 aromatic carbocycles. The maximum Gasteiger partial charge on any atom is 0.142 e. The van der Waals surface area contributed by atoms with E-state index in [0.29, 0.717) is 23.1 Å². The molecule has 3 N–H and O–H groups in total. The van der Waals surface area contributed by atoms with E-state index in [1.165, 1.54) is 50.5 Å². The van der Waals surface area contributed by atoms with Crippen LogP contribution in [0.3, 0.4) is 0 Å². The number of nitrogens with zero attached hydrogens (tertiary/aromatic N) is 1. The molecule has 0 bridgehead atoms. The van der Waals surface area contributed by atoms with Crippen molar-refractivity contribution in [1.29, 1.82) is 0 Å². The van der Waals surface area contributed by atoms with Crippen molar-refractivity contribution in [3.05, 3.63) is 46.5 Å². The van der Waals surface area contributed by atoms with E-state index in [1.54, 1.807) is 5.57 Å². The van der Waals surface area contributed by atoms with E-state index in [2.05, 4.69) is 43.3 Å². The SMILES string of the molecule is C[C@]12CC[C@H]3[C@@H](CC=C4CCC(c5cccc(Cl)c5)C[C@@]43C)[C@@H]1CC[C@@H]2/C(N)=N/O. The minimum atomic E-state index is 0.181. The van der Waals surface area contributed by atoms with Crippen LogP contribution in [0.1, 0.15) is 76.7 Å². The average molecular weight is 427 g/mol. The van der Waals surface area contributed by atoms with E-state index in [4.69, 9.17) is 17.3 Å². The van der Waals surface area contributed by atoms with Crippen molar-refractivity contribution in [2.45, 2.75) is 71.1 Å². The molecule has 0 saturated heterocycles. The predicted octanol–water partition coefficient (Wildman–Crippen LogP) is 6.75. The second-order valence-corrected chi connectivity index (χ2v) is 11.4. The first-order valence-electron chi connectivity index (χ1n) is 11.8. The first-order chi connectivity index (χ1) is 14.4. The van der Waals surface area contributed by atoms with Crippen LogP contribution in [0.2, 0.25) is 5.02 Å². The molecule has 0 radical (unpaired) electrons. The molecule has 30 heavy (non-hydrogen) atoms. The van der Waals surface area contributed by atoms with Gasteiger partial charge in [-0.05, 0) is 104 Å². The van der Waals surface area contributed by atoms with Gasteiger partial charge in [0.15, 0.2) is 0 Å². The second-order valence-electron chi connectivity index (χ2n) is 11.0. The summed E-state index contributed by atoms with van der Waals surface area (Å²) in [5.74, 6) is 3.46. The van der Waals surface area contributed by atoms with Crippen molar-refractivity contribution in [1.82, 2.24) is 0 Å². The Bertz CT molecular complexity index is 895. The number of rotatable bonds is 2. The van der Waals surface area contributed by atoms with Gasteiger partial charge >= 0.3 is 0 Å². The average Bonchev–Trinajstić information content (AvgIpc) is 3.09. The van der Waals surface area contributed by atoms with Crippen LogP contribution in [0.15, 0.2) is 41.1 Å². The van der Waals surface area contributed by atoms with E-state index in [-0.39, 0.29) is 11.3 Å². The van der Waals surface area contributed by atoms with E-state index in [9.17, 15) is 5.21 Å². The zero-order valence-electron chi connectivity index (χ0n) is 18.3. The third-order valence-corrected chi connectivity index (χ3v) is 10.1. The summed E-state index contributed by atoms with van der Waals surface area (Å²) in [5.41, 5.74) is 9.75. The summed E-state index contributed by atoms with van der Waals surface area (Å²) in [5, 5.41) is 13.6. The van der Waals surface area contributed by atoms with Crippen LogP contribution in [-0.2, 0) is 0 Å². The molecule has 3 saturated carbocycles.